The highest BCUT2D eigenvalue weighted by Crippen LogP contribution is 2.33. The minimum atomic E-state index is -4.61. The lowest BCUT2D eigenvalue weighted by Gasteiger charge is -2.17. The molecule has 0 saturated carbocycles. The van der Waals surface area contributed by atoms with Gasteiger partial charge in [0.1, 0.15) is 16.5 Å². The first kappa shape index (κ1) is 28.5. The van der Waals surface area contributed by atoms with Gasteiger partial charge in [-0.05, 0) is 43.3 Å². The monoisotopic (exact) mass is 567 g/mol. The lowest BCUT2D eigenvalue weighted by Crippen LogP contribution is -2.18. The maximum absolute atomic E-state index is 14.7. The van der Waals surface area contributed by atoms with Gasteiger partial charge in [0, 0.05) is 24.8 Å². The molecule has 0 amide bonds. The molecule has 202 valence electrons. The fourth-order valence-corrected chi connectivity index (χ4v) is 5.07. The lowest BCUT2D eigenvalue weighted by atomic mass is 10.1. The Morgan fingerprint density at radius 1 is 0.973 bits per heavy atom. The second kappa shape index (κ2) is 12.0. The van der Waals surface area contributed by atoms with E-state index >= 15 is 0 Å². The summed E-state index contributed by atoms with van der Waals surface area (Å²) < 4.78 is 109. The van der Waals surface area contributed by atoms with Gasteiger partial charge in [0.05, 0.1) is 17.4 Å². The Labute approximate surface area is 213 Å². The average molecular weight is 568 g/mol. The predicted octanol–water partition coefficient (Wildman–Crippen LogP) is 5.40. The molecule has 0 aliphatic carbocycles. The van der Waals surface area contributed by atoms with Crippen LogP contribution in [0.1, 0.15) is 24.5 Å². The van der Waals surface area contributed by atoms with Crippen LogP contribution in [-0.2, 0) is 22.7 Å². The van der Waals surface area contributed by atoms with Crippen LogP contribution in [0.25, 0.3) is 0 Å². The van der Waals surface area contributed by atoms with E-state index in [1.54, 1.807) is 0 Å². The van der Waals surface area contributed by atoms with E-state index in [1.807, 2.05) is 11.6 Å². The topological polar surface area (TPSA) is 95.1 Å². The molecule has 15 heteroatoms. The van der Waals surface area contributed by atoms with Crippen LogP contribution in [0.3, 0.4) is 0 Å². The van der Waals surface area contributed by atoms with Crippen molar-refractivity contribution < 1.29 is 34.8 Å². The van der Waals surface area contributed by atoms with Crippen LogP contribution in [-0.4, -0.2) is 33.0 Å². The number of anilines is 3. The number of nitrogens with one attached hydrogen (secondary N) is 4. The van der Waals surface area contributed by atoms with Gasteiger partial charge in [-0.2, -0.15) is 17.6 Å². The zero-order chi connectivity index (χ0) is 27.2. The van der Waals surface area contributed by atoms with Gasteiger partial charge in [0.25, 0.3) is 10.0 Å². The Balaban J connectivity index is 1.78. The Morgan fingerprint density at radius 2 is 1.73 bits per heavy atom. The first-order valence-electron chi connectivity index (χ1n) is 10.9. The van der Waals surface area contributed by atoms with Crippen LogP contribution in [0.5, 0.6) is 0 Å². The molecule has 7 nitrogen and oxygen atoms in total. The molecule has 0 aliphatic heterocycles. The highest BCUT2D eigenvalue weighted by Gasteiger charge is 2.31. The summed E-state index contributed by atoms with van der Waals surface area (Å²) in [6, 6.07) is 4.08. The molecule has 4 N–H and O–H groups in total. The van der Waals surface area contributed by atoms with Crippen molar-refractivity contribution in [1.29, 1.82) is 0 Å². The van der Waals surface area contributed by atoms with E-state index in [1.165, 1.54) is 6.07 Å². The van der Waals surface area contributed by atoms with Crippen molar-refractivity contribution in [3.05, 3.63) is 64.4 Å². The first-order chi connectivity index (χ1) is 17.4. The molecule has 0 fully saturated rings. The molecule has 3 aromatic rings. The molecule has 0 bridgehead atoms. The van der Waals surface area contributed by atoms with Crippen LogP contribution in [0.4, 0.5) is 42.8 Å². The third kappa shape index (κ3) is 7.72. The van der Waals surface area contributed by atoms with E-state index in [9.17, 15) is 34.8 Å². The van der Waals surface area contributed by atoms with E-state index in [2.05, 4.69) is 20.9 Å². The zero-order valence-electron chi connectivity index (χ0n) is 19.3. The Hall–Kier alpha value is -3.04. The average Bonchev–Trinajstić information content (AvgIpc) is 3.22. The number of hydrogen-bond donors (Lipinski definition) is 4. The molecule has 2 aromatic carbocycles. The molecule has 3 rings (SSSR count). The van der Waals surface area contributed by atoms with Crippen LogP contribution in [0.2, 0.25) is 0 Å². The summed E-state index contributed by atoms with van der Waals surface area (Å²) in [6.07, 6.45) is -3.17. The third-order valence-electron chi connectivity index (χ3n) is 5.01. The summed E-state index contributed by atoms with van der Waals surface area (Å²) in [5.41, 5.74) is -0.765. The number of rotatable bonds is 12. The molecule has 1 heterocycles. The van der Waals surface area contributed by atoms with E-state index in [0.29, 0.717) is 48.5 Å². The third-order valence-corrected chi connectivity index (χ3v) is 7.20. The molecule has 0 saturated heterocycles. The van der Waals surface area contributed by atoms with Crippen molar-refractivity contribution in [2.24, 2.45) is 0 Å². The molecular weight excluding hydrogens is 544 g/mol. The molecular formula is C22H23F6N5O2S2. The lowest BCUT2D eigenvalue weighted by molar-refractivity contribution is -0.137. The van der Waals surface area contributed by atoms with Gasteiger partial charge in [-0.3, -0.25) is 4.72 Å². The van der Waals surface area contributed by atoms with Crippen LogP contribution >= 0.6 is 11.3 Å². The Kier molecular flexibility index (Phi) is 9.26. The molecule has 0 aliphatic rings. The molecule has 37 heavy (non-hydrogen) atoms. The van der Waals surface area contributed by atoms with Crippen molar-refractivity contribution in [2.75, 3.05) is 35.0 Å². The fourth-order valence-electron chi connectivity index (χ4n) is 3.22. The minimum absolute atomic E-state index is 0.166. The van der Waals surface area contributed by atoms with Crippen LogP contribution in [0.15, 0.2) is 41.4 Å². The molecule has 1 aromatic heterocycles. The second-order valence-electron chi connectivity index (χ2n) is 7.69. The van der Waals surface area contributed by atoms with Crippen LogP contribution in [0, 0.1) is 16.8 Å². The van der Waals surface area contributed by atoms with Crippen molar-refractivity contribution in [3.8, 4) is 0 Å². The first-order valence-corrected chi connectivity index (χ1v) is 13.2. The van der Waals surface area contributed by atoms with Gasteiger partial charge in [0.2, 0.25) is 0 Å². The number of alkyl halides is 3. The maximum atomic E-state index is 14.7. The van der Waals surface area contributed by atoms with Crippen molar-refractivity contribution in [1.82, 2.24) is 10.3 Å². The smallest absolute Gasteiger partial charge is 0.385 e. The number of aromatic nitrogens is 1. The summed E-state index contributed by atoms with van der Waals surface area (Å²) >= 11 is 0.365. The largest absolute Gasteiger partial charge is 0.416 e. The number of thiazole rings is 1. The van der Waals surface area contributed by atoms with E-state index in [-0.39, 0.29) is 17.4 Å². The standard InChI is InChI=1S/C22H23F6N5O2S2/c1-2-29-6-3-7-30-17-8-14(22(26,27)28)5-4-13(17)11-31-18-9-16(24)19(10-15(18)23)37(34,35)33-21-32-12-20(25)36-21/h4-5,8-10,12,29-31H,2-3,6-7,11H2,1H3,(H,32,33). The van der Waals surface area contributed by atoms with Gasteiger partial charge in [-0.25, -0.2) is 22.2 Å². The van der Waals surface area contributed by atoms with Crippen molar-refractivity contribution >= 4 is 37.9 Å². The maximum Gasteiger partial charge on any atom is 0.416 e. The summed E-state index contributed by atoms with van der Waals surface area (Å²) in [6.45, 7) is 3.51. The van der Waals surface area contributed by atoms with Gasteiger partial charge >= 0.3 is 6.18 Å². The fraction of sp³-hybridized carbons (Fsp3) is 0.318. The minimum Gasteiger partial charge on any atom is -0.385 e. The number of sulfonamides is 1. The van der Waals surface area contributed by atoms with Crippen molar-refractivity contribution in [2.45, 2.75) is 31.0 Å². The molecule has 0 atom stereocenters. The summed E-state index contributed by atoms with van der Waals surface area (Å²) in [7, 11) is -4.61. The van der Waals surface area contributed by atoms with Gasteiger partial charge in [-0.1, -0.05) is 24.3 Å². The number of halogens is 6. The summed E-state index contributed by atoms with van der Waals surface area (Å²) in [5, 5.41) is 7.47. The van der Waals surface area contributed by atoms with E-state index < -0.39 is 49.1 Å². The summed E-state index contributed by atoms with van der Waals surface area (Å²) in [5.74, 6) is -2.43. The highest BCUT2D eigenvalue weighted by molar-refractivity contribution is 7.93. The number of hydrogen-bond acceptors (Lipinski definition) is 7. The summed E-state index contributed by atoms with van der Waals surface area (Å²) in [4.78, 5) is 2.44. The normalized spacial score (nSPS) is 12.0. The van der Waals surface area contributed by atoms with E-state index in [4.69, 9.17) is 0 Å². The quantitative estimate of drug-likeness (QED) is 0.173. The predicted molar refractivity (Wildman–Crippen MR) is 130 cm³/mol. The number of nitrogens with zero attached hydrogens (tertiary/aromatic N) is 1. The second-order valence-corrected chi connectivity index (χ2v) is 10.3. The zero-order valence-corrected chi connectivity index (χ0v) is 21.0. The Morgan fingerprint density at radius 3 is 2.38 bits per heavy atom. The molecule has 0 unspecified atom stereocenters. The van der Waals surface area contributed by atoms with Crippen molar-refractivity contribution in [3.63, 3.8) is 0 Å². The SMILES string of the molecule is CCNCCCNc1cc(C(F)(F)F)ccc1CNc1cc(F)c(S(=O)(=O)Nc2ncc(F)s2)cc1F. The van der Waals surface area contributed by atoms with Gasteiger partial charge < -0.3 is 16.0 Å². The van der Waals surface area contributed by atoms with E-state index in [0.717, 1.165) is 24.9 Å². The van der Waals surface area contributed by atoms with Gasteiger partial charge in [0.15, 0.2) is 10.3 Å². The highest BCUT2D eigenvalue weighted by atomic mass is 32.2. The number of benzene rings is 2. The Bertz CT molecular complexity index is 1330. The van der Waals surface area contributed by atoms with Gasteiger partial charge in [-0.15, -0.1) is 0 Å². The molecule has 0 radical (unpaired) electrons. The molecule has 0 spiro atoms. The van der Waals surface area contributed by atoms with Crippen LogP contribution < -0.4 is 20.7 Å².